The summed E-state index contributed by atoms with van der Waals surface area (Å²) in [5.74, 6) is 0. The van der Waals surface area contributed by atoms with Gasteiger partial charge < -0.3 is 44.7 Å². The normalized spacial score (nSPS) is 13.4. The summed E-state index contributed by atoms with van der Waals surface area (Å²) in [6.45, 7) is 1.54. The van der Waals surface area contributed by atoms with E-state index in [9.17, 15) is 0 Å². The SMILES string of the molecule is CO[Si](/C=C/N(CCC[Si](OC)(OC)OC)CCC[Si](OC)(OC)OC)(OC)OC. The summed E-state index contributed by atoms with van der Waals surface area (Å²) in [6, 6.07) is 1.41. The lowest BCUT2D eigenvalue weighted by Gasteiger charge is -2.28. The van der Waals surface area contributed by atoms with Crippen LogP contribution >= 0.6 is 0 Å². The minimum absolute atomic E-state index is 0.704. The van der Waals surface area contributed by atoms with E-state index in [0.717, 1.165) is 25.9 Å². The number of hydrogen-bond acceptors (Lipinski definition) is 10. The molecule has 0 bridgehead atoms. The summed E-state index contributed by atoms with van der Waals surface area (Å²) in [4.78, 5) is 2.18. The van der Waals surface area contributed by atoms with E-state index >= 15 is 0 Å². The van der Waals surface area contributed by atoms with E-state index in [4.69, 9.17) is 39.8 Å². The van der Waals surface area contributed by atoms with E-state index in [2.05, 4.69) is 4.90 Å². The second-order valence-corrected chi connectivity index (χ2v) is 15.3. The molecule has 30 heavy (non-hydrogen) atoms. The zero-order valence-corrected chi connectivity index (χ0v) is 23.0. The van der Waals surface area contributed by atoms with Crippen molar-refractivity contribution in [2.24, 2.45) is 0 Å². The third-order valence-electron chi connectivity index (χ3n) is 5.07. The standard InChI is InChI=1S/C17H41NO9Si3/c1-19-28(20-2,21-3)15-10-12-18(14-17-30(25-7,26-8)27-9)13-11-16-29(22-4,23-5)24-6/h14,17H,10-13,15-16H2,1-9H3/b17-14+. The minimum Gasteiger partial charge on any atom is -0.378 e. The lowest BCUT2D eigenvalue weighted by Crippen LogP contribution is -2.44. The lowest BCUT2D eigenvalue weighted by atomic mass is 10.4. The van der Waals surface area contributed by atoms with Gasteiger partial charge in [-0.1, -0.05) is 0 Å². The Kier molecular flexibility index (Phi) is 15.5. The van der Waals surface area contributed by atoms with E-state index in [1.807, 2.05) is 11.9 Å². The topological polar surface area (TPSA) is 86.3 Å². The first-order chi connectivity index (χ1) is 14.3. The van der Waals surface area contributed by atoms with Gasteiger partial charge in [0.25, 0.3) is 0 Å². The van der Waals surface area contributed by atoms with E-state index in [0.29, 0.717) is 12.1 Å². The molecular weight excluding hydrogens is 446 g/mol. The van der Waals surface area contributed by atoms with Crippen LogP contribution in [-0.4, -0.2) is 108 Å². The number of hydrogen-bond donors (Lipinski definition) is 0. The molecule has 0 fully saturated rings. The summed E-state index contributed by atoms with van der Waals surface area (Å²) in [7, 11) is 6.43. The summed E-state index contributed by atoms with van der Waals surface area (Å²) in [6.07, 6.45) is 3.62. The summed E-state index contributed by atoms with van der Waals surface area (Å²) in [5, 5.41) is 0. The maximum absolute atomic E-state index is 5.51. The van der Waals surface area contributed by atoms with Crippen molar-refractivity contribution in [3.8, 4) is 0 Å². The molecule has 0 aliphatic rings. The van der Waals surface area contributed by atoms with Crippen LogP contribution in [-0.2, 0) is 39.8 Å². The van der Waals surface area contributed by atoms with Crippen molar-refractivity contribution in [2.45, 2.75) is 24.9 Å². The smallest absolute Gasteiger partial charge is 0.378 e. The molecule has 0 aliphatic heterocycles. The molecule has 0 atom stereocenters. The molecule has 0 spiro atoms. The van der Waals surface area contributed by atoms with Crippen LogP contribution in [0.5, 0.6) is 0 Å². The fourth-order valence-corrected chi connectivity index (χ4v) is 7.73. The molecule has 180 valence electrons. The van der Waals surface area contributed by atoms with Gasteiger partial charge in [-0.15, -0.1) is 0 Å². The highest BCUT2D eigenvalue weighted by Crippen LogP contribution is 2.18. The fraction of sp³-hybridized carbons (Fsp3) is 0.882. The summed E-state index contributed by atoms with van der Waals surface area (Å²) < 4.78 is 49.5. The quantitative estimate of drug-likeness (QED) is 0.251. The van der Waals surface area contributed by atoms with Gasteiger partial charge in [0, 0.05) is 94.9 Å². The van der Waals surface area contributed by atoms with Crippen LogP contribution in [0.4, 0.5) is 0 Å². The van der Waals surface area contributed by atoms with Crippen molar-refractivity contribution >= 4 is 26.4 Å². The van der Waals surface area contributed by atoms with Crippen LogP contribution in [0.2, 0.25) is 12.1 Å². The van der Waals surface area contributed by atoms with Gasteiger partial charge in [0.05, 0.1) is 0 Å². The number of nitrogens with zero attached hydrogens (tertiary/aromatic N) is 1. The van der Waals surface area contributed by atoms with E-state index in [1.54, 1.807) is 64.0 Å². The molecule has 0 aromatic rings. The maximum atomic E-state index is 5.51. The Morgan fingerprint density at radius 2 is 0.867 bits per heavy atom. The van der Waals surface area contributed by atoms with Crippen molar-refractivity contribution in [1.29, 1.82) is 0 Å². The predicted octanol–water partition coefficient (Wildman–Crippen LogP) is 1.76. The maximum Gasteiger partial charge on any atom is 0.530 e. The Balaban J connectivity index is 5.17. The van der Waals surface area contributed by atoms with E-state index in [-0.39, 0.29) is 0 Å². The third-order valence-corrected chi connectivity index (χ3v) is 13.0. The molecule has 0 radical (unpaired) electrons. The van der Waals surface area contributed by atoms with Crippen LogP contribution < -0.4 is 0 Å². The van der Waals surface area contributed by atoms with Gasteiger partial charge in [-0.25, -0.2) is 0 Å². The number of rotatable bonds is 19. The van der Waals surface area contributed by atoms with Crippen molar-refractivity contribution in [3.63, 3.8) is 0 Å². The zero-order valence-electron chi connectivity index (χ0n) is 20.0. The van der Waals surface area contributed by atoms with Crippen LogP contribution in [0.3, 0.4) is 0 Å². The first kappa shape index (κ1) is 29.8. The van der Waals surface area contributed by atoms with Crippen molar-refractivity contribution in [2.75, 3.05) is 77.1 Å². The van der Waals surface area contributed by atoms with Gasteiger partial charge in [0.2, 0.25) is 0 Å². The van der Waals surface area contributed by atoms with Crippen LogP contribution in [0, 0.1) is 0 Å². The average molecular weight is 488 g/mol. The molecule has 0 heterocycles. The van der Waals surface area contributed by atoms with Crippen molar-refractivity contribution < 1.29 is 39.8 Å². The molecule has 0 N–H and O–H groups in total. The highest BCUT2D eigenvalue weighted by atomic mass is 28.4. The Labute approximate surface area is 185 Å². The minimum atomic E-state index is -2.83. The Morgan fingerprint density at radius 3 is 1.13 bits per heavy atom. The molecule has 0 aliphatic carbocycles. The molecule has 0 saturated carbocycles. The van der Waals surface area contributed by atoms with Gasteiger partial charge in [0.1, 0.15) is 0 Å². The molecule has 0 aromatic heterocycles. The van der Waals surface area contributed by atoms with Gasteiger partial charge >= 0.3 is 26.4 Å². The monoisotopic (exact) mass is 487 g/mol. The van der Waals surface area contributed by atoms with Gasteiger partial charge in [-0.3, -0.25) is 0 Å². The van der Waals surface area contributed by atoms with Gasteiger partial charge in [-0.2, -0.15) is 0 Å². The van der Waals surface area contributed by atoms with E-state index in [1.165, 1.54) is 0 Å². The van der Waals surface area contributed by atoms with E-state index < -0.39 is 26.4 Å². The molecule has 0 rings (SSSR count). The Bertz CT molecular complexity index is 411. The van der Waals surface area contributed by atoms with Gasteiger partial charge in [0.15, 0.2) is 0 Å². The molecular formula is C17H41NO9Si3. The molecule has 13 heteroatoms. The Morgan fingerprint density at radius 1 is 0.533 bits per heavy atom. The molecule has 10 nitrogen and oxygen atoms in total. The second kappa shape index (κ2) is 15.6. The highest BCUT2D eigenvalue weighted by molar-refractivity contribution is 6.66. The first-order valence-corrected chi connectivity index (χ1v) is 15.4. The first-order valence-electron chi connectivity index (χ1n) is 9.73. The fourth-order valence-electron chi connectivity index (χ4n) is 3.02. The zero-order chi connectivity index (χ0) is 23.1. The second-order valence-electron chi connectivity index (χ2n) is 6.37. The van der Waals surface area contributed by atoms with Crippen LogP contribution in [0.1, 0.15) is 12.8 Å². The average Bonchev–Trinajstić information content (AvgIpc) is 2.81. The van der Waals surface area contributed by atoms with Gasteiger partial charge in [-0.05, 0) is 19.0 Å². The highest BCUT2D eigenvalue weighted by Gasteiger charge is 2.39. The van der Waals surface area contributed by atoms with Crippen LogP contribution in [0.25, 0.3) is 0 Å². The Hall–Kier alpha value is -0.169. The molecule has 0 saturated heterocycles. The van der Waals surface area contributed by atoms with Crippen LogP contribution in [0.15, 0.2) is 11.9 Å². The lowest BCUT2D eigenvalue weighted by molar-refractivity contribution is 0.121. The third kappa shape index (κ3) is 9.14. The van der Waals surface area contributed by atoms with Crippen molar-refractivity contribution in [1.82, 2.24) is 4.90 Å². The predicted molar refractivity (Wildman–Crippen MR) is 120 cm³/mol. The molecule has 0 unspecified atom stereocenters. The summed E-state index contributed by atoms with van der Waals surface area (Å²) in [5.41, 5.74) is 1.87. The summed E-state index contributed by atoms with van der Waals surface area (Å²) >= 11 is 0. The molecule has 0 amide bonds. The molecule has 0 aromatic carbocycles. The van der Waals surface area contributed by atoms with Crippen molar-refractivity contribution in [3.05, 3.63) is 11.9 Å². The largest absolute Gasteiger partial charge is 0.530 e.